The molecule has 3 nitrogen and oxygen atoms in total. The molecule has 21 heavy (non-hydrogen) atoms. The normalized spacial score (nSPS) is 15.2. The summed E-state index contributed by atoms with van der Waals surface area (Å²) >= 11 is 1.60. The van der Waals surface area contributed by atoms with Crippen molar-refractivity contribution in [2.24, 2.45) is 0 Å². The summed E-state index contributed by atoms with van der Waals surface area (Å²) in [7, 11) is 0. The second-order valence-electron chi connectivity index (χ2n) is 5.23. The monoisotopic (exact) mass is 295 g/mol. The number of amides is 1. The van der Waals surface area contributed by atoms with Gasteiger partial charge < -0.3 is 4.90 Å². The van der Waals surface area contributed by atoms with Crippen molar-refractivity contribution in [3.05, 3.63) is 52.7 Å². The van der Waals surface area contributed by atoms with Gasteiger partial charge in [0.2, 0.25) is 5.91 Å². The topological polar surface area (TPSA) is 37.4 Å². The molecule has 1 aliphatic rings. The number of benzene rings is 2. The zero-order chi connectivity index (χ0) is 14.4. The van der Waals surface area contributed by atoms with E-state index in [0.29, 0.717) is 18.4 Å². The molecule has 1 saturated heterocycles. The Morgan fingerprint density at radius 1 is 0.952 bits per heavy atom. The average molecular weight is 295 g/mol. The summed E-state index contributed by atoms with van der Waals surface area (Å²) in [5, 5.41) is 1.41. The van der Waals surface area contributed by atoms with E-state index in [-0.39, 0.29) is 11.3 Å². The van der Waals surface area contributed by atoms with Gasteiger partial charge in [0, 0.05) is 27.8 Å². The number of hydrogen-bond acceptors (Lipinski definition) is 3. The highest BCUT2D eigenvalue weighted by molar-refractivity contribution is 7.24. The maximum atomic E-state index is 12.8. The lowest BCUT2D eigenvalue weighted by Crippen LogP contribution is -2.25. The Balaban J connectivity index is 2.11. The first-order valence-corrected chi connectivity index (χ1v) is 7.82. The molecule has 0 saturated carbocycles. The minimum atomic E-state index is 0.0228. The van der Waals surface area contributed by atoms with Gasteiger partial charge in [-0.3, -0.25) is 9.59 Å². The second kappa shape index (κ2) is 4.67. The molecular weight excluding hydrogens is 282 g/mol. The van der Waals surface area contributed by atoms with Crippen molar-refractivity contribution in [3.8, 4) is 0 Å². The van der Waals surface area contributed by atoms with E-state index in [0.717, 1.165) is 26.9 Å². The molecule has 1 fully saturated rings. The number of rotatable bonds is 1. The van der Waals surface area contributed by atoms with Crippen LogP contribution < -0.4 is 10.3 Å². The first-order chi connectivity index (χ1) is 10.3. The van der Waals surface area contributed by atoms with Gasteiger partial charge in [-0.1, -0.05) is 18.2 Å². The number of anilines is 1. The van der Waals surface area contributed by atoms with Gasteiger partial charge >= 0.3 is 0 Å². The summed E-state index contributed by atoms with van der Waals surface area (Å²) in [6.07, 6.45) is 1.43. The number of hydrogen-bond donors (Lipinski definition) is 0. The zero-order valence-corrected chi connectivity index (χ0v) is 12.2. The maximum absolute atomic E-state index is 12.8. The van der Waals surface area contributed by atoms with Crippen LogP contribution in [-0.2, 0) is 4.79 Å². The Hall–Kier alpha value is -2.20. The van der Waals surface area contributed by atoms with Crippen LogP contribution in [0.4, 0.5) is 5.69 Å². The third-order valence-corrected chi connectivity index (χ3v) is 5.08. The Morgan fingerprint density at radius 2 is 1.76 bits per heavy atom. The van der Waals surface area contributed by atoms with Gasteiger partial charge in [0.15, 0.2) is 5.43 Å². The van der Waals surface area contributed by atoms with E-state index in [2.05, 4.69) is 0 Å². The summed E-state index contributed by atoms with van der Waals surface area (Å²) in [4.78, 5) is 26.6. The number of carbonyl (C=O) groups excluding carboxylic acids is 1. The van der Waals surface area contributed by atoms with Crippen molar-refractivity contribution in [2.75, 3.05) is 11.4 Å². The van der Waals surface area contributed by atoms with Crippen LogP contribution >= 0.6 is 11.3 Å². The molecule has 104 valence electrons. The molecule has 0 spiro atoms. The predicted octanol–water partition coefficient (Wildman–Crippen LogP) is 3.54. The molecule has 1 aliphatic heterocycles. The van der Waals surface area contributed by atoms with E-state index in [9.17, 15) is 9.59 Å². The molecule has 0 bridgehead atoms. The van der Waals surface area contributed by atoms with Crippen molar-refractivity contribution in [2.45, 2.75) is 12.8 Å². The summed E-state index contributed by atoms with van der Waals surface area (Å²) in [6.45, 7) is 0.703. The van der Waals surface area contributed by atoms with E-state index in [4.69, 9.17) is 0 Å². The lowest BCUT2D eigenvalue weighted by atomic mass is 10.1. The molecule has 1 aromatic heterocycles. The minimum Gasteiger partial charge on any atom is -0.312 e. The van der Waals surface area contributed by atoms with E-state index >= 15 is 0 Å². The summed E-state index contributed by atoms with van der Waals surface area (Å²) in [5.74, 6) is 0.111. The molecule has 2 heterocycles. The quantitative estimate of drug-likeness (QED) is 0.644. The molecular formula is C17H13NO2S. The molecule has 4 rings (SSSR count). The van der Waals surface area contributed by atoms with Crippen LogP contribution in [0.15, 0.2) is 47.3 Å². The lowest BCUT2D eigenvalue weighted by molar-refractivity contribution is -0.117. The predicted molar refractivity (Wildman–Crippen MR) is 87.2 cm³/mol. The molecule has 0 N–H and O–H groups in total. The largest absolute Gasteiger partial charge is 0.312 e. The molecule has 0 aliphatic carbocycles. The molecule has 2 aromatic carbocycles. The fourth-order valence-electron chi connectivity index (χ4n) is 2.96. The summed E-state index contributed by atoms with van der Waals surface area (Å²) in [6, 6.07) is 13.4. The van der Waals surface area contributed by atoms with Crippen LogP contribution in [0.1, 0.15) is 12.8 Å². The van der Waals surface area contributed by atoms with E-state index in [1.807, 2.05) is 42.5 Å². The molecule has 1 amide bonds. The second-order valence-corrected chi connectivity index (χ2v) is 6.31. The standard InChI is InChI=1S/C17H13NO2S/c19-15-9-4-10-18(15)12-6-3-8-14-16(12)17(20)11-5-1-2-7-13(11)21-14/h1-3,5-8H,4,9-10H2. The third kappa shape index (κ3) is 1.87. The molecule has 0 radical (unpaired) electrons. The van der Waals surface area contributed by atoms with Crippen LogP contribution in [-0.4, -0.2) is 12.5 Å². The van der Waals surface area contributed by atoms with Gasteiger partial charge in [-0.2, -0.15) is 0 Å². The van der Waals surface area contributed by atoms with Crippen LogP contribution in [0, 0.1) is 0 Å². The highest BCUT2D eigenvalue weighted by Crippen LogP contribution is 2.32. The van der Waals surface area contributed by atoms with Crippen LogP contribution in [0.2, 0.25) is 0 Å². The van der Waals surface area contributed by atoms with Crippen molar-refractivity contribution < 1.29 is 4.79 Å². The van der Waals surface area contributed by atoms with Gasteiger partial charge in [-0.05, 0) is 30.7 Å². The highest BCUT2D eigenvalue weighted by Gasteiger charge is 2.24. The van der Waals surface area contributed by atoms with Crippen molar-refractivity contribution in [1.29, 1.82) is 0 Å². The minimum absolute atomic E-state index is 0.0228. The zero-order valence-electron chi connectivity index (χ0n) is 11.3. The molecule has 3 aromatic rings. The van der Waals surface area contributed by atoms with Crippen LogP contribution in [0.5, 0.6) is 0 Å². The van der Waals surface area contributed by atoms with E-state index < -0.39 is 0 Å². The Bertz CT molecular complexity index is 929. The SMILES string of the molecule is O=C1CCCN1c1cccc2sc3ccccc3c(=O)c12. The van der Waals surface area contributed by atoms with Gasteiger partial charge in [0.1, 0.15) is 0 Å². The molecule has 0 unspecified atom stereocenters. The Kier molecular flexibility index (Phi) is 2.79. The smallest absolute Gasteiger partial charge is 0.227 e. The first-order valence-electron chi connectivity index (χ1n) is 7.00. The number of fused-ring (bicyclic) bond motifs is 2. The summed E-state index contributed by atoms with van der Waals surface area (Å²) in [5.41, 5.74) is 0.789. The Morgan fingerprint density at radius 3 is 2.57 bits per heavy atom. The summed E-state index contributed by atoms with van der Waals surface area (Å²) < 4.78 is 1.93. The van der Waals surface area contributed by atoms with Crippen LogP contribution in [0.3, 0.4) is 0 Å². The highest BCUT2D eigenvalue weighted by atomic mass is 32.1. The average Bonchev–Trinajstić information content (AvgIpc) is 2.93. The van der Waals surface area contributed by atoms with Crippen molar-refractivity contribution in [3.63, 3.8) is 0 Å². The number of nitrogens with zero attached hydrogens (tertiary/aromatic N) is 1. The maximum Gasteiger partial charge on any atom is 0.227 e. The lowest BCUT2D eigenvalue weighted by Gasteiger charge is -2.17. The first kappa shape index (κ1) is 12.5. The fourth-order valence-corrected chi connectivity index (χ4v) is 4.06. The van der Waals surface area contributed by atoms with Crippen molar-refractivity contribution in [1.82, 2.24) is 0 Å². The van der Waals surface area contributed by atoms with Gasteiger partial charge in [0.05, 0.1) is 11.1 Å². The van der Waals surface area contributed by atoms with E-state index in [1.54, 1.807) is 16.2 Å². The fraction of sp³-hybridized carbons (Fsp3) is 0.176. The molecule has 0 atom stereocenters. The van der Waals surface area contributed by atoms with Gasteiger partial charge in [-0.15, -0.1) is 11.3 Å². The van der Waals surface area contributed by atoms with E-state index in [1.165, 1.54) is 0 Å². The van der Waals surface area contributed by atoms with Gasteiger partial charge in [-0.25, -0.2) is 0 Å². The van der Waals surface area contributed by atoms with Crippen molar-refractivity contribution >= 4 is 43.1 Å². The Labute approximate surface area is 125 Å². The molecule has 4 heteroatoms. The van der Waals surface area contributed by atoms with Gasteiger partial charge in [0.25, 0.3) is 0 Å². The third-order valence-electron chi connectivity index (χ3n) is 3.95. The van der Waals surface area contributed by atoms with Crippen LogP contribution in [0.25, 0.3) is 20.2 Å². The number of carbonyl (C=O) groups is 1.